The molecule has 0 radical (unpaired) electrons. The summed E-state index contributed by atoms with van der Waals surface area (Å²) in [7, 11) is -1.97. The molecule has 1 amide bonds. The van der Waals surface area contributed by atoms with Crippen molar-refractivity contribution in [2.45, 2.75) is 30.7 Å². The summed E-state index contributed by atoms with van der Waals surface area (Å²) in [5.74, 6) is 0.544. The number of hydrogen-bond acceptors (Lipinski definition) is 4. The highest BCUT2D eigenvalue weighted by molar-refractivity contribution is 7.92. The van der Waals surface area contributed by atoms with Crippen LogP contribution in [-0.2, 0) is 16.4 Å². The maximum atomic E-state index is 13.0. The SMILES string of the molecule is CCOc1ccc(NS(=O)(=O)c2ccc(C(=O)N(C)C3CCc4ccccc43)cc2)cc1. The van der Waals surface area contributed by atoms with E-state index in [4.69, 9.17) is 4.74 Å². The van der Waals surface area contributed by atoms with Crippen LogP contribution in [0.5, 0.6) is 5.75 Å². The highest BCUT2D eigenvalue weighted by Crippen LogP contribution is 2.35. The van der Waals surface area contributed by atoms with Gasteiger partial charge in [0.1, 0.15) is 5.75 Å². The van der Waals surface area contributed by atoms with Crippen molar-refractivity contribution in [2.75, 3.05) is 18.4 Å². The van der Waals surface area contributed by atoms with Gasteiger partial charge >= 0.3 is 0 Å². The van der Waals surface area contributed by atoms with Crippen LogP contribution in [0.2, 0.25) is 0 Å². The summed E-state index contributed by atoms with van der Waals surface area (Å²) in [6, 6.07) is 21.0. The Bertz CT molecular complexity index is 1210. The number of rotatable bonds is 7. The number of fused-ring (bicyclic) bond motifs is 1. The fourth-order valence-corrected chi connectivity index (χ4v) is 5.12. The van der Waals surface area contributed by atoms with Crippen LogP contribution in [-0.4, -0.2) is 32.9 Å². The van der Waals surface area contributed by atoms with Gasteiger partial charge in [-0.15, -0.1) is 0 Å². The summed E-state index contributed by atoms with van der Waals surface area (Å²) in [5, 5.41) is 0. The van der Waals surface area contributed by atoms with Gasteiger partial charge in [0.05, 0.1) is 17.5 Å². The molecule has 1 aliphatic carbocycles. The third-order valence-electron chi connectivity index (χ3n) is 5.72. The Balaban J connectivity index is 1.46. The number of carbonyl (C=O) groups is 1. The van der Waals surface area contributed by atoms with Crippen molar-refractivity contribution in [2.24, 2.45) is 0 Å². The number of carbonyl (C=O) groups excluding carboxylic acids is 1. The van der Waals surface area contributed by atoms with Gasteiger partial charge in [-0.2, -0.15) is 0 Å². The van der Waals surface area contributed by atoms with E-state index in [0.29, 0.717) is 23.6 Å². The molecule has 0 saturated carbocycles. The number of nitrogens with one attached hydrogen (secondary N) is 1. The molecule has 1 unspecified atom stereocenters. The van der Waals surface area contributed by atoms with E-state index in [9.17, 15) is 13.2 Å². The molecule has 166 valence electrons. The molecule has 0 bridgehead atoms. The van der Waals surface area contributed by atoms with E-state index in [2.05, 4.69) is 16.9 Å². The molecule has 1 atom stereocenters. The Morgan fingerprint density at radius 2 is 1.72 bits per heavy atom. The second-order valence-corrected chi connectivity index (χ2v) is 9.44. The molecule has 3 aromatic carbocycles. The lowest BCUT2D eigenvalue weighted by molar-refractivity contribution is 0.0730. The van der Waals surface area contributed by atoms with Gasteiger partial charge in [0.2, 0.25) is 0 Å². The maximum absolute atomic E-state index is 13.0. The normalized spacial score (nSPS) is 15.1. The predicted octanol–water partition coefficient (Wildman–Crippen LogP) is 4.65. The minimum atomic E-state index is -3.77. The first-order valence-electron chi connectivity index (χ1n) is 10.6. The summed E-state index contributed by atoms with van der Waals surface area (Å²) >= 11 is 0. The molecular formula is C25H26N2O4S. The van der Waals surface area contributed by atoms with Crippen molar-refractivity contribution in [1.82, 2.24) is 4.90 Å². The van der Waals surface area contributed by atoms with Gasteiger partial charge in [-0.3, -0.25) is 9.52 Å². The minimum absolute atomic E-state index is 0.0310. The highest BCUT2D eigenvalue weighted by Gasteiger charge is 2.29. The average molecular weight is 451 g/mol. The average Bonchev–Trinajstić information content (AvgIpc) is 3.24. The molecule has 0 fully saturated rings. The van der Waals surface area contributed by atoms with E-state index >= 15 is 0 Å². The van der Waals surface area contributed by atoms with Crippen molar-refractivity contribution in [3.8, 4) is 5.75 Å². The largest absolute Gasteiger partial charge is 0.494 e. The monoisotopic (exact) mass is 450 g/mol. The molecule has 4 rings (SSSR count). The van der Waals surface area contributed by atoms with E-state index < -0.39 is 10.0 Å². The van der Waals surface area contributed by atoms with Crippen LogP contribution in [0.25, 0.3) is 0 Å². The highest BCUT2D eigenvalue weighted by atomic mass is 32.2. The van der Waals surface area contributed by atoms with E-state index in [1.54, 1.807) is 48.3 Å². The number of nitrogens with zero attached hydrogens (tertiary/aromatic N) is 1. The van der Waals surface area contributed by atoms with E-state index in [1.165, 1.54) is 23.3 Å². The summed E-state index contributed by atoms with van der Waals surface area (Å²) in [4.78, 5) is 14.9. The number of anilines is 1. The van der Waals surface area contributed by atoms with Crippen LogP contribution >= 0.6 is 0 Å². The van der Waals surface area contributed by atoms with Gasteiger partial charge in [0, 0.05) is 18.3 Å². The van der Waals surface area contributed by atoms with Crippen molar-refractivity contribution in [3.05, 3.63) is 89.5 Å². The number of benzene rings is 3. The second-order valence-electron chi connectivity index (χ2n) is 7.76. The van der Waals surface area contributed by atoms with E-state index in [1.807, 2.05) is 19.1 Å². The molecule has 0 heterocycles. The van der Waals surface area contributed by atoms with Gasteiger partial charge < -0.3 is 9.64 Å². The Morgan fingerprint density at radius 3 is 2.41 bits per heavy atom. The van der Waals surface area contributed by atoms with Crippen LogP contribution in [0, 0.1) is 0 Å². The molecule has 1 aliphatic rings. The summed E-state index contributed by atoms with van der Waals surface area (Å²) < 4.78 is 33.4. The quantitative estimate of drug-likeness (QED) is 0.569. The zero-order chi connectivity index (χ0) is 22.7. The maximum Gasteiger partial charge on any atom is 0.261 e. The van der Waals surface area contributed by atoms with Gasteiger partial charge in [-0.05, 0) is 79.4 Å². The third-order valence-corrected chi connectivity index (χ3v) is 7.12. The zero-order valence-corrected chi connectivity index (χ0v) is 18.9. The Morgan fingerprint density at radius 1 is 1.03 bits per heavy atom. The Kier molecular flexibility index (Phi) is 6.19. The number of amides is 1. The summed E-state index contributed by atoms with van der Waals surface area (Å²) in [6.07, 6.45) is 1.84. The predicted molar refractivity (Wildman–Crippen MR) is 124 cm³/mol. The molecular weight excluding hydrogens is 424 g/mol. The molecule has 32 heavy (non-hydrogen) atoms. The lowest BCUT2D eigenvalue weighted by Gasteiger charge is -2.25. The summed E-state index contributed by atoms with van der Waals surface area (Å²) in [5.41, 5.74) is 3.35. The Labute approximate surface area is 188 Å². The standard InChI is InChI=1S/C25H26N2O4S/c1-3-31-21-13-11-20(12-14-21)26-32(29,30)22-15-8-19(9-16-22)25(28)27(2)24-17-10-18-6-4-5-7-23(18)24/h4-9,11-16,24,26H,3,10,17H2,1-2H3. The van der Waals surface area contributed by atoms with Gasteiger partial charge in [0.25, 0.3) is 15.9 Å². The fourth-order valence-electron chi connectivity index (χ4n) is 4.06. The van der Waals surface area contributed by atoms with Crippen molar-refractivity contribution < 1.29 is 17.9 Å². The number of ether oxygens (including phenoxy) is 1. The molecule has 6 nitrogen and oxygen atoms in total. The second kappa shape index (κ2) is 9.04. The van der Waals surface area contributed by atoms with Crippen molar-refractivity contribution >= 4 is 21.6 Å². The van der Waals surface area contributed by atoms with Gasteiger partial charge in [0.15, 0.2) is 0 Å². The van der Waals surface area contributed by atoms with Crippen molar-refractivity contribution in [3.63, 3.8) is 0 Å². The lowest BCUT2D eigenvalue weighted by Crippen LogP contribution is -2.30. The van der Waals surface area contributed by atoms with E-state index in [0.717, 1.165) is 12.8 Å². The van der Waals surface area contributed by atoms with Gasteiger partial charge in [-0.1, -0.05) is 24.3 Å². The molecule has 1 N–H and O–H groups in total. The lowest BCUT2D eigenvalue weighted by atomic mass is 10.1. The first-order chi connectivity index (χ1) is 15.4. The van der Waals surface area contributed by atoms with Crippen LogP contribution in [0.1, 0.15) is 40.9 Å². The van der Waals surface area contributed by atoms with Gasteiger partial charge in [-0.25, -0.2) is 8.42 Å². The molecule has 7 heteroatoms. The van der Waals surface area contributed by atoms with Crippen LogP contribution in [0.4, 0.5) is 5.69 Å². The van der Waals surface area contributed by atoms with Crippen LogP contribution < -0.4 is 9.46 Å². The fraction of sp³-hybridized carbons (Fsp3) is 0.240. The Hall–Kier alpha value is -3.32. The topological polar surface area (TPSA) is 75.7 Å². The first-order valence-corrected chi connectivity index (χ1v) is 12.1. The number of aryl methyl sites for hydroxylation is 1. The molecule has 0 aromatic heterocycles. The molecule has 3 aromatic rings. The molecule has 0 aliphatic heterocycles. The summed E-state index contributed by atoms with van der Waals surface area (Å²) in [6.45, 7) is 2.42. The third kappa shape index (κ3) is 4.48. The first kappa shape index (κ1) is 21.9. The van der Waals surface area contributed by atoms with E-state index in [-0.39, 0.29) is 16.8 Å². The zero-order valence-electron chi connectivity index (χ0n) is 18.1. The van der Waals surface area contributed by atoms with Crippen molar-refractivity contribution in [1.29, 1.82) is 0 Å². The number of hydrogen-bond donors (Lipinski definition) is 1. The molecule has 0 saturated heterocycles. The number of sulfonamides is 1. The van der Waals surface area contributed by atoms with Crippen LogP contribution in [0.3, 0.4) is 0 Å². The smallest absolute Gasteiger partial charge is 0.261 e. The molecule has 0 spiro atoms. The minimum Gasteiger partial charge on any atom is -0.494 e. The van der Waals surface area contributed by atoms with Crippen LogP contribution in [0.15, 0.2) is 77.7 Å².